The van der Waals surface area contributed by atoms with Crippen LogP contribution in [-0.2, 0) is 30.4 Å². The Hall–Kier alpha value is -4.13. The van der Waals surface area contributed by atoms with Crippen molar-refractivity contribution in [3.63, 3.8) is 0 Å². The first-order valence-corrected chi connectivity index (χ1v) is 13.6. The van der Waals surface area contributed by atoms with Crippen LogP contribution in [0.3, 0.4) is 0 Å². The second kappa shape index (κ2) is 16.2. The zero-order valence-electron chi connectivity index (χ0n) is 23.1. The Balaban J connectivity index is 2.49. The summed E-state index contributed by atoms with van der Waals surface area (Å²) in [7, 11) is 0. The number of hydrogen-bond donors (Lipinski definition) is 7. The van der Waals surface area contributed by atoms with Crippen molar-refractivity contribution in [2.45, 2.75) is 57.7 Å². The minimum Gasteiger partial charge on any atom is -0.481 e. The minimum atomic E-state index is -1.44. The van der Waals surface area contributed by atoms with E-state index in [1.54, 1.807) is 0 Å². The lowest BCUT2D eigenvalue weighted by atomic mass is 9.92. The summed E-state index contributed by atoms with van der Waals surface area (Å²) in [5.74, 6) is -5.16. The van der Waals surface area contributed by atoms with Crippen LogP contribution in [0.4, 0.5) is 0 Å². The third-order valence-electron chi connectivity index (χ3n) is 6.32. The van der Waals surface area contributed by atoms with Gasteiger partial charge < -0.3 is 37.8 Å². The normalized spacial score (nSPS) is 24.0. The van der Waals surface area contributed by atoms with Crippen molar-refractivity contribution in [2.75, 3.05) is 13.1 Å². The highest BCUT2D eigenvalue weighted by Crippen LogP contribution is 2.22. The Bertz CT molecular complexity index is 1150. The van der Waals surface area contributed by atoms with Crippen LogP contribution in [0, 0.1) is 11.8 Å². The molecule has 0 saturated heterocycles. The van der Waals surface area contributed by atoms with Crippen molar-refractivity contribution < 1.29 is 29.1 Å². The Morgan fingerprint density at radius 3 is 2.27 bits per heavy atom. The maximum Gasteiger partial charge on any atom is 0.305 e. The van der Waals surface area contributed by atoms with Crippen LogP contribution in [0.5, 0.6) is 0 Å². The largest absolute Gasteiger partial charge is 0.481 e. The van der Waals surface area contributed by atoms with Gasteiger partial charge in [0.15, 0.2) is 5.96 Å². The molecule has 224 valence electrons. The molecule has 1 aromatic carbocycles. The van der Waals surface area contributed by atoms with Crippen molar-refractivity contribution in [1.82, 2.24) is 21.3 Å². The summed E-state index contributed by atoms with van der Waals surface area (Å²) in [5, 5.41) is 19.8. The molecule has 2 rings (SSSR count). The lowest BCUT2D eigenvalue weighted by molar-refractivity contribution is -0.140. The molecule has 9 N–H and O–H groups in total. The molecular weight excluding hydrogens is 554 g/mol. The Kier molecular flexibility index (Phi) is 13.1. The first-order valence-electron chi connectivity index (χ1n) is 13.2. The topological polar surface area (TPSA) is 218 Å². The summed E-state index contributed by atoms with van der Waals surface area (Å²) >= 11 is 6.73. The highest BCUT2D eigenvalue weighted by Gasteiger charge is 2.31. The first kappa shape index (κ1) is 33.1. The van der Waals surface area contributed by atoms with Crippen LogP contribution < -0.4 is 32.7 Å². The maximum absolute atomic E-state index is 13.4. The number of nitrogens with zero attached hydrogens (tertiary/aromatic N) is 1. The van der Waals surface area contributed by atoms with Gasteiger partial charge in [0, 0.05) is 11.6 Å². The van der Waals surface area contributed by atoms with Crippen LogP contribution in [-0.4, -0.2) is 71.9 Å². The van der Waals surface area contributed by atoms with Crippen molar-refractivity contribution in [1.29, 1.82) is 0 Å². The average Bonchev–Trinajstić information content (AvgIpc) is 2.90. The fourth-order valence-electron chi connectivity index (χ4n) is 4.16. The standard InChI is InChI=1S/C27H38ClN7O6/c1-15(2)17-12-18(28)20(11-16-7-4-3-5-8-16)35-26(41)21(13-23(37)38)33-22(36)14-32-25(40)19(34-24(17)39)9-6-10-31-27(29)30/h3-5,7-8,12,15,17,19-21H,6,9-11,13-14H2,1-2H3,(H,32,40)(H,33,36)(H,34,39)(H,35,41)(H,37,38)(H4,29,30,31)/b18-12-/t17-,19+,20-,21?/m1/s1. The molecule has 13 nitrogen and oxygen atoms in total. The predicted octanol–water partition coefficient (Wildman–Crippen LogP) is -0.263. The molecule has 0 radical (unpaired) electrons. The van der Waals surface area contributed by atoms with Gasteiger partial charge in [-0.2, -0.15) is 0 Å². The molecule has 1 aliphatic heterocycles. The maximum atomic E-state index is 13.4. The lowest BCUT2D eigenvalue weighted by Gasteiger charge is -2.25. The Labute approximate surface area is 243 Å². The van der Waals surface area contributed by atoms with Gasteiger partial charge in [0.2, 0.25) is 23.6 Å². The molecule has 0 fully saturated rings. The van der Waals surface area contributed by atoms with E-state index in [9.17, 15) is 29.1 Å². The van der Waals surface area contributed by atoms with Crippen LogP contribution in [0.1, 0.15) is 38.7 Å². The van der Waals surface area contributed by atoms with Gasteiger partial charge in [0.05, 0.1) is 24.9 Å². The molecule has 0 aromatic heterocycles. The van der Waals surface area contributed by atoms with E-state index in [1.165, 1.54) is 6.08 Å². The second-order valence-corrected chi connectivity index (χ2v) is 10.5. The Morgan fingerprint density at radius 2 is 1.66 bits per heavy atom. The van der Waals surface area contributed by atoms with Gasteiger partial charge in [-0.3, -0.25) is 29.0 Å². The predicted molar refractivity (Wildman–Crippen MR) is 153 cm³/mol. The minimum absolute atomic E-state index is 0.110. The van der Waals surface area contributed by atoms with Crippen LogP contribution in [0.25, 0.3) is 0 Å². The van der Waals surface area contributed by atoms with Gasteiger partial charge in [-0.05, 0) is 30.7 Å². The molecule has 1 aliphatic rings. The summed E-state index contributed by atoms with van der Waals surface area (Å²) in [6.45, 7) is 3.28. The third-order valence-corrected chi connectivity index (χ3v) is 6.71. The molecule has 1 aromatic rings. The number of aliphatic imine (C=N–C) groups is 1. The number of benzene rings is 1. The quantitative estimate of drug-likeness (QED) is 0.115. The van der Waals surface area contributed by atoms with Gasteiger partial charge >= 0.3 is 5.97 Å². The van der Waals surface area contributed by atoms with Gasteiger partial charge in [0.1, 0.15) is 12.1 Å². The number of guanidine groups is 1. The molecule has 1 unspecified atom stereocenters. The highest BCUT2D eigenvalue weighted by molar-refractivity contribution is 6.30. The zero-order chi connectivity index (χ0) is 30.5. The Morgan fingerprint density at radius 1 is 1.00 bits per heavy atom. The number of amides is 4. The SMILES string of the molecule is CC(C)[C@H]1/C=C(\Cl)[C@@H](Cc2ccccc2)NC(=O)C(CC(=O)O)NC(=O)CNC(=O)[C@H](CCCN=C(N)N)NC1=O. The summed E-state index contributed by atoms with van der Waals surface area (Å²) < 4.78 is 0. The first-order chi connectivity index (χ1) is 19.4. The average molecular weight is 592 g/mol. The van der Waals surface area contributed by atoms with Crippen LogP contribution in [0.2, 0.25) is 0 Å². The summed E-state index contributed by atoms with van der Waals surface area (Å²) in [6.07, 6.45) is 1.57. The number of carboxylic acid groups (broad SMARTS) is 1. The molecule has 4 amide bonds. The van der Waals surface area contributed by atoms with E-state index in [-0.39, 0.29) is 36.3 Å². The van der Waals surface area contributed by atoms with E-state index in [0.29, 0.717) is 6.42 Å². The van der Waals surface area contributed by atoms with E-state index < -0.39 is 66.6 Å². The zero-order valence-corrected chi connectivity index (χ0v) is 23.8. The van der Waals surface area contributed by atoms with Crippen molar-refractivity contribution in [3.05, 3.63) is 47.0 Å². The number of aliphatic carboxylic acids is 1. The van der Waals surface area contributed by atoms with Crippen molar-refractivity contribution in [3.8, 4) is 0 Å². The van der Waals surface area contributed by atoms with E-state index >= 15 is 0 Å². The summed E-state index contributed by atoms with van der Waals surface area (Å²) in [4.78, 5) is 67.6. The number of nitrogens with two attached hydrogens (primary N) is 2. The number of carboxylic acids is 1. The molecule has 4 atom stereocenters. The molecule has 0 bridgehead atoms. The number of carbonyl (C=O) groups excluding carboxylic acids is 4. The molecule has 14 heteroatoms. The van der Waals surface area contributed by atoms with E-state index in [1.807, 2.05) is 44.2 Å². The van der Waals surface area contributed by atoms with E-state index in [0.717, 1.165) is 5.56 Å². The third kappa shape index (κ3) is 11.5. The van der Waals surface area contributed by atoms with Gasteiger partial charge in [-0.1, -0.05) is 61.9 Å². The number of halogens is 1. The van der Waals surface area contributed by atoms with Gasteiger partial charge in [-0.15, -0.1) is 0 Å². The summed E-state index contributed by atoms with van der Waals surface area (Å²) in [6, 6.07) is 5.81. The highest BCUT2D eigenvalue weighted by atomic mass is 35.5. The van der Waals surface area contributed by atoms with Crippen LogP contribution >= 0.6 is 11.6 Å². The molecular formula is C27H38ClN7O6. The van der Waals surface area contributed by atoms with E-state index in [4.69, 9.17) is 23.1 Å². The number of hydrogen-bond acceptors (Lipinski definition) is 6. The molecule has 1 heterocycles. The summed E-state index contributed by atoms with van der Waals surface area (Å²) in [5.41, 5.74) is 11.5. The van der Waals surface area contributed by atoms with Gasteiger partial charge in [-0.25, -0.2) is 0 Å². The smallest absolute Gasteiger partial charge is 0.305 e. The monoisotopic (exact) mass is 591 g/mol. The van der Waals surface area contributed by atoms with Crippen molar-refractivity contribution in [2.24, 2.45) is 28.3 Å². The van der Waals surface area contributed by atoms with E-state index in [2.05, 4.69) is 26.3 Å². The van der Waals surface area contributed by atoms with Crippen molar-refractivity contribution >= 4 is 47.2 Å². The van der Waals surface area contributed by atoms with Crippen LogP contribution in [0.15, 0.2) is 46.4 Å². The molecule has 0 spiro atoms. The number of carbonyl (C=O) groups is 5. The molecule has 0 aliphatic carbocycles. The fraction of sp³-hybridized carbons (Fsp3) is 0.481. The number of nitrogens with one attached hydrogen (secondary N) is 4. The lowest BCUT2D eigenvalue weighted by Crippen LogP contribution is -2.54. The molecule has 0 saturated carbocycles. The number of rotatable bonds is 9. The molecule has 41 heavy (non-hydrogen) atoms. The van der Waals surface area contributed by atoms with Gasteiger partial charge in [0.25, 0.3) is 0 Å². The second-order valence-electron chi connectivity index (χ2n) is 10.0. The fourth-order valence-corrected chi connectivity index (χ4v) is 4.43.